The molecular formula is C13H19ClN2. The quantitative estimate of drug-likeness (QED) is 0.750. The van der Waals surface area contributed by atoms with Crippen molar-refractivity contribution < 1.29 is 0 Å². The second-order valence-corrected chi connectivity index (χ2v) is 4.94. The number of alkyl halides is 1. The van der Waals surface area contributed by atoms with Crippen LogP contribution in [0.4, 0.5) is 0 Å². The van der Waals surface area contributed by atoms with E-state index in [9.17, 15) is 0 Å². The van der Waals surface area contributed by atoms with E-state index in [-0.39, 0.29) is 0 Å². The summed E-state index contributed by atoms with van der Waals surface area (Å²) in [7, 11) is 0. The zero-order valence-corrected chi connectivity index (χ0v) is 10.6. The van der Waals surface area contributed by atoms with E-state index in [0.717, 1.165) is 31.1 Å². The maximum atomic E-state index is 5.87. The van der Waals surface area contributed by atoms with Gasteiger partial charge in [-0.2, -0.15) is 0 Å². The Morgan fingerprint density at radius 3 is 3.06 bits per heavy atom. The lowest BCUT2D eigenvalue weighted by Gasteiger charge is -2.14. The molecule has 0 saturated carbocycles. The molecule has 1 saturated heterocycles. The molecule has 0 aliphatic carbocycles. The molecule has 3 heteroatoms. The molecule has 88 valence electrons. The van der Waals surface area contributed by atoms with Gasteiger partial charge in [-0.1, -0.05) is 6.07 Å². The average molecular weight is 239 g/mol. The summed E-state index contributed by atoms with van der Waals surface area (Å²) in [4.78, 5) is 7.02. The largest absolute Gasteiger partial charge is 0.303 e. The first-order valence-corrected chi connectivity index (χ1v) is 6.52. The van der Waals surface area contributed by atoms with Crippen molar-refractivity contribution in [1.82, 2.24) is 9.88 Å². The fraction of sp³-hybridized carbons (Fsp3) is 0.615. The number of aryl methyl sites for hydroxylation is 1. The van der Waals surface area contributed by atoms with Crippen molar-refractivity contribution in [3.05, 3.63) is 29.6 Å². The molecule has 0 aromatic carbocycles. The van der Waals surface area contributed by atoms with E-state index < -0.39 is 0 Å². The summed E-state index contributed by atoms with van der Waals surface area (Å²) in [6.07, 6.45) is 2.31. The van der Waals surface area contributed by atoms with Gasteiger partial charge in [-0.3, -0.25) is 4.98 Å². The van der Waals surface area contributed by atoms with Crippen LogP contribution >= 0.6 is 11.6 Å². The van der Waals surface area contributed by atoms with Gasteiger partial charge in [0.2, 0.25) is 0 Å². The number of rotatable bonds is 4. The van der Waals surface area contributed by atoms with E-state index in [1.54, 1.807) is 0 Å². The Kier molecular flexibility index (Phi) is 4.19. The predicted octanol–water partition coefficient (Wildman–Crippen LogP) is 2.49. The normalized spacial score (nSPS) is 21.5. The summed E-state index contributed by atoms with van der Waals surface area (Å²) < 4.78 is 0. The van der Waals surface area contributed by atoms with Crippen molar-refractivity contribution in [3.63, 3.8) is 0 Å². The van der Waals surface area contributed by atoms with Crippen LogP contribution < -0.4 is 0 Å². The predicted molar refractivity (Wildman–Crippen MR) is 67.9 cm³/mol. The lowest BCUT2D eigenvalue weighted by molar-refractivity contribution is 0.331. The fourth-order valence-corrected chi connectivity index (χ4v) is 2.51. The maximum Gasteiger partial charge on any atom is 0.0419 e. The number of aromatic nitrogens is 1. The molecule has 2 heterocycles. The molecule has 0 bridgehead atoms. The average Bonchev–Trinajstić information content (AvgIpc) is 2.74. The number of halogens is 1. The Hall–Kier alpha value is -0.600. The third-order valence-electron chi connectivity index (χ3n) is 3.22. The highest BCUT2D eigenvalue weighted by molar-refractivity contribution is 6.18. The first-order valence-electron chi connectivity index (χ1n) is 5.99. The molecule has 0 N–H and O–H groups in total. The molecule has 16 heavy (non-hydrogen) atoms. The lowest BCUT2D eigenvalue weighted by atomic mass is 10.2. The number of pyridine rings is 1. The van der Waals surface area contributed by atoms with Gasteiger partial charge in [-0.25, -0.2) is 0 Å². The summed E-state index contributed by atoms with van der Waals surface area (Å²) in [5.41, 5.74) is 2.31. The highest BCUT2D eigenvalue weighted by Crippen LogP contribution is 2.17. The molecule has 1 atom stereocenters. The van der Waals surface area contributed by atoms with E-state index in [2.05, 4.69) is 22.0 Å². The molecule has 2 rings (SSSR count). The Labute approximate surface area is 103 Å². The third-order valence-corrected chi connectivity index (χ3v) is 3.65. The van der Waals surface area contributed by atoms with Crippen LogP contribution in [-0.4, -0.2) is 35.4 Å². The summed E-state index contributed by atoms with van der Waals surface area (Å²) in [6, 6.07) is 6.24. The van der Waals surface area contributed by atoms with Crippen LogP contribution in [0.25, 0.3) is 0 Å². The zero-order valence-electron chi connectivity index (χ0n) is 9.82. The second-order valence-electron chi connectivity index (χ2n) is 4.63. The van der Waals surface area contributed by atoms with Crippen LogP contribution in [0.5, 0.6) is 0 Å². The Bertz CT molecular complexity index is 340. The summed E-state index contributed by atoms with van der Waals surface area (Å²) in [5, 5.41) is 0. The highest BCUT2D eigenvalue weighted by Gasteiger charge is 2.20. The molecular weight excluding hydrogens is 220 g/mol. The lowest BCUT2D eigenvalue weighted by Crippen LogP contribution is -2.24. The topological polar surface area (TPSA) is 16.1 Å². The molecule has 1 fully saturated rings. The van der Waals surface area contributed by atoms with Crippen molar-refractivity contribution in [2.45, 2.75) is 19.8 Å². The molecule has 1 aromatic heterocycles. The Morgan fingerprint density at radius 2 is 2.38 bits per heavy atom. The minimum atomic E-state index is 0.701. The SMILES string of the molecule is Cc1cccc(CCN2CCC(CCl)C2)n1. The van der Waals surface area contributed by atoms with Crippen LogP contribution in [0.15, 0.2) is 18.2 Å². The monoisotopic (exact) mass is 238 g/mol. The van der Waals surface area contributed by atoms with E-state index in [1.807, 2.05) is 13.0 Å². The van der Waals surface area contributed by atoms with Crippen molar-refractivity contribution in [2.24, 2.45) is 5.92 Å². The van der Waals surface area contributed by atoms with Crippen molar-refractivity contribution >= 4 is 11.6 Å². The van der Waals surface area contributed by atoms with Crippen LogP contribution in [0.1, 0.15) is 17.8 Å². The van der Waals surface area contributed by atoms with E-state index in [4.69, 9.17) is 11.6 Å². The van der Waals surface area contributed by atoms with Crippen LogP contribution in [0.2, 0.25) is 0 Å². The molecule has 1 unspecified atom stereocenters. The van der Waals surface area contributed by atoms with E-state index >= 15 is 0 Å². The summed E-state index contributed by atoms with van der Waals surface area (Å²) in [5.74, 6) is 1.51. The van der Waals surface area contributed by atoms with E-state index in [1.165, 1.54) is 18.7 Å². The van der Waals surface area contributed by atoms with E-state index in [0.29, 0.717) is 5.92 Å². The first kappa shape index (κ1) is 11.9. The van der Waals surface area contributed by atoms with Gasteiger partial charge in [-0.15, -0.1) is 11.6 Å². The van der Waals surface area contributed by atoms with Gasteiger partial charge < -0.3 is 4.90 Å². The zero-order chi connectivity index (χ0) is 11.4. The van der Waals surface area contributed by atoms with Crippen LogP contribution in [0.3, 0.4) is 0 Å². The van der Waals surface area contributed by atoms with Crippen molar-refractivity contribution in [3.8, 4) is 0 Å². The minimum absolute atomic E-state index is 0.701. The van der Waals surface area contributed by atoms with Crippen LogP contribution in [-0.2, 0) is 6.42 Å². The van der Waals surface area contributed by atoms with Crippen LogP contribution in [0, 0.1) is 12.8 Å². The van der Waals surface area contributed by atoms with Gasteiger partial charge in [0.05, 0.1) is 0 Å². The summed E-state index contributed by atoms with van der Waals surface area (Å²) >= 11 is 5.87. The van der Waals surface area contributed by atoms with Crippen molar-refractivity contribution in [2.75, 3.05) is 25.5 Å². The Balaban J connectivity index is 1.80. The third kappa shape index (κ3) is 3.19. The number of hydrogen-bond donors (Lipinski definition) is 0. The van der Waals surface area contributed by atoms with Gasteiger partial charge in [0.15, 0.2) is 0 Å². The molecule has 2 nitrogen and oxygen atoms in total. The highest BCUT2D eigenvalue weighted by atomic mass is 35.5. The number of hydrogen-bond acceptors (Lipinski definition) is 2. The first-order chi connectivity index (χ1) is 7.78. The maximum absolute atomic E-state index is 5.87. The molecule has 0 amide bonds. The summed E-state index contributed by atoms with van der Waals surface area (Å²) in [6.45, 7) is 5.52. The standard InChI is InChI=1S/C13H19ClN2/c1-11-3-2-4-13(15-11)6-8-16-7-5-12(9-14)10-16/h2-4,12H,5-10H2,1H3. The van der Waals surface area contributed by atoms with Crippen molar-refractivity contribution in [1.29, 1.82) is 0 Å². The van der Waals surface area contributed by atoms with Gasteiger partial charge >= 0.3 is 0 Å². The minimum Gasteiger partial charge on any atom is -0.303 e. The van der Waals surface area contributed by atoms with Gasteiger partial charge in [0.1, 0.15) is 0 Å². The van der Waals surface area contributed by atoms with Gasteiger partial charge in [-0.05, 0) is 37.9 Å². The second kappa shape index (κ2) is 5.65. The molecule has 1 aromatic rings. The molecule has 0 radical (unpaired) electrons. The molecule has 1 aliphatic heterocycles. The number of likely N-dealkylation sites (tertiary alicyclic amines) is 1. The molecule has 1 aliphatic rings. The molecule has 0 spiro atoms. The smallest absolute Gasteiger partial charge is 0.0419 e. The number of nitrogens with zero attached hydrogens (tertiary/aromatic N) is 2. The van der Waals surface area contributed by atoms with Gasteiger partial charge in [0.25, 0.3) is 0 Å². The Morgan fingerprint density at radius 1 is 1.50 bits per heavy atom. The fourth-order valence-electron chi connectivity index (χ4n) is 2.25. The van der Waals surface area contributed by atoms with Gasteiger partial charge in [0, 0.05) is 36.8 Å².